The largest absolute Gasteiger partial charge is 0.573 e. The molecule has 0 fully saturated rings. The van der Waals surface area contributed by atoms with Gasteiger partial charge in [0.2, 0.25) is 0 Å². The number of carbonyl (C=O) groups excluding carboxylic acids is 1. The number of fused-ring (bicyclic) bond motifs is 1. The molecule has 0 radical (unpaired) electrons. The minimum Gasteiger partial charge on any atom is -0.478 e. The Hall–Kier alpha value is -4.54. The number of anilines is 2. The van der Waals surface area contributed by atoms with Gasteiger partial charge in [-0.1, -0.05) is 6.07 Å². The number of benzene rings is 2. The van der Waals surface area contributed by atoms with Crippen molar-refractivity contribution >= 4 is 34.3 Å². The van der Waals surface area contributed by atoms with Gasteiger partial charge >= 0.3 is 18.4 Å². The number of pyridine rings is 1. The van der Waals surface area contributed by atoms with E-state index in [2.05, 4.69) is 20.4 Å². The summed E-state index contributed by atoms with van der Waals surface area (Å²) in [5.41, 5.74) is 1.28. The van der Waals surface area contributed by atoms with E-state index in [9.17, 15) is 27.9 Å². The molecule has 2 aromatic heterocycles. The molecular formula is C22H15F3N4O4. The Labute approximate surface area is 184 Å². The van der Waals surface area contributed by atoms with Crippen LogP contribution in [-0.2, 0) is 0 Å². The van der Waals surface area contributed by atoms with Gasteiger partial charge in [-0.3, -0.25) is 4.57 Å². The Kier molecular flexibility index (Phi) is 5.61. The van der Waals surface area contributed by atoms with Crippen LogP contribution in [0.3, 0.4) is 0 Å². The molecule has 0 saturated carbocycles. The molecule has 2 amide bonds. The highest BCUT2D eigenvalue weighted by Crippen LogP contribution is 2.27. The standard InChI is InChI=1S/C22H15F3N4O4/c23-22(24,25)33-14-8-6-13(7-9-14)27-21(32)28-17-4-2-11-26-19(17)29-12-10-15-16(20(30)31)3-1-5-18(15)29/h1-12H,(H,30,31)(H2,27,28,32). The minimum absolute atomic E-state index is 0.132. The number of rotatable bonds is 5. The summed E-state index contributed by atoms with van der Waals surface area (Å²) in [7, 11) is 0. The quantitative estimate of drug-likeness (QED) is 0.380. The molecule has 2 aromatic carbocycles. The Morgan fingerprint density at radius 3 is 2.42 bits per heavy atom. The summed E-state index contributed by atoms with van der Waals surface area (Å²) in [5.74, 6) is -1.13. The highest BCUT2D eigenvalue weighted by atomic mass is 19.4. The maximum atomic E-state index is 12.5. The third-order valence-electron chi connectivity index (χ3n) is 4.57. The molecule has 0 aliphatic heterocycles. The molecule has 2 heterocycles. The van der Waals surface area contributed by atoms with Gasteiger partial charge in [0.15, 0.2) is 5.82 Å². The van der Waals surface area contributed by atoms with Gasteiger partial charge in [-0.2, -0.15) is 0 Å². The molecule has 11 heteroatoms. The molecule has 0 bridgehead atoms. The van der Waals surface area contributed by atoms with Crippen molar-refractivity contribution in [3.63, 3.8) is 0 Å². The van der Waals surface area contributed by atoms with Gasteiger partial charge in [0, 0.05) is 23.5 Å². The number of nitrogens with one attached hydrogen (secondary N) is 2. The minimum atomic E-state index is -4.81. The highest BCUT2D eigenvalue weighted by Gasteiger charge is 2.31. The monoisotopic (exact) mass is 456 g/mol. The average Bonchev–Trinajstić information content (AvgIpc) is 3.18. The second-order valence-corrected chi connectivity index (χ2v) is 6.76. The van der Waals surface area contributed by atoms with Crippen LogP contribution in [0.15, 0.2) is 73.1 Å². The molecule has 8 nitrogen and oxygen atoms in total. The van der Waals surface area contributed by atoms with Crippen LogP contribution in [-0.4, -0.2) is 33.0 Å². The van der Waals surface area contributed by atoms with Crippen LogP contribution in [0.4, 0.5) is 29.3 Å². The van der Waals surface area contributed by atoms with E-state index >= 15 is 0 Å². The van der Waals surface area contributed by atoms with Crippen molar-refractivity contribution in [3.05, 3.63) is 78.6 Å². The molecule has 0 spiro atoms. The van der Waals surface area contributed by atoms with Gasteiger partial charge in [0.05, 0.1) is 16.8 Å². The zero-order valence-corrected chi connectivity index (χ0v) is 16.6. The molecule has 0 aliphatic carbocycles. The van der Waals surface area contributed by atoms with E-state index in [4.69, 9.17) is 0 Å². The fourth-order valence-electron chi connectivity index (χ4n) is 3.25. The van der Waals surface area contributed by atoms with Gasteiger partial charge in [-0.25, -0.2) is 14.6 Å². The zero-order chi connectivity index (χ0) is 23.6. The van der Waals surface area contributed by atoms with Crippen LogP contribution >= 0.6 is 0 Å². The number of ether oxygens (including phenoxy) is 1. The number of urea groups is 1. The van der Waals surface area contributed by atoms with Crippen molar-refractivity contribution in [2.45, 2.75) is 6.36 Å². The average molecular weight is 456 g/mol. The second kappa shape index (κ2) is 8.54. The van der Waals surface area contributed by atoms with Gasteiger partial charge < -0.3 is 20.5 Å². The summed E-state index contributed by atoms with van der Waals surface area (Å²) in [4.78, 5) is 28.3. The lowest BCUT2D eigenvalue weighted by atomic mass is 10.1. The molecule has 0 atom stereocenters. The maximum absolute atomic E-state index is 12.5. The van der Waals surface area contributed by atoms with Gasteiger partial charge in [-0.15, -0.1) is 13.2 Å². The van der Waals surface area contributed by atoms with Crippen LogP contribution < -0.4 is 15.4 Å². The predicted octanol–water partition coefficient (Wildman–Crippen LogP) is 5.27. The number of alkyl halides is 3. The summed E-state index contributed by atoms with van der Waals surface area (Å²) in [6.45, 7) is 0. The van der Waals surface area contributed by atoms with E-state index in [1.165, 1.54) is 24.4 Å². The van der Waals surface area contributed by atoms with E-state index < -0.39 is 24.1 Å². The number of carboxylic acids is 1. The van der Waals surface area contributed by atoms with Crippen LogP contribution in [0.5, 0.6) is 5.75 Å². The third kappa shape index (κ3) is 4.87. The van der Waals surface area contributed by atoms with E-state index in [0.29, 0.717) is 22.4 Å². The van der Waals surface area contributed by atoms with Gasteiger partial charge in [0.25, 0.3) is 0 Å². The third-order valence-corrected chi connectivity index (χ3v) is 4.57. The molecule has 4 rings (SSSR count). The summed E-state index contributed by atoms with van der Waals surface area (Å²) in [6.07, 6.45) is -1.65. The number of hydrogen-bond acceptors (Lipinski definition) is 4. The molecule has 4 aromatic rings. The number of hydrogen-bond donors (Lipinski definition) is 3. The first-order valence-electron chi connectivity index (χ1n) is 9.44. The molecule has 33 heavy (non-hydrogen) atoms. The first-order chi connectivity index (χ1) is 15.7. The molecule has 0 saturated heterocycles. The fraction of sp³-hybridized carbons (Fsp3) is 0.0455. The number of carbonyl (C=O) groups is 2. The lowest BCUT2D eigenvalue weighted by molar-refractivity contribution is -0.274. The summed E-state index contributed by atoms with van der Waals surface area (Å²) in [5, 5.41) is 15.1. The molecular weight excluding hydrogens is 441 g/mol. The first-order valence-corrected chi connectivity index (χ1v) is 9.44. The number of amides is 2. The van der Waals surface area contributed by atoms with E-state index in [0.717, 1.165) is 12.1 Å². The van der Waals surface area contributed by atoms with Gasteiger partial charge in [-0.05, 0) is 54.6 Å². The normalized spacial score (nSPS) is 11.2. The van der Waals surface area contributed by atoms with Crippen LogP contribution in [0.1, 0.15) is 10.4 Å². The Balaban J connectivity index is 1.55. The lowest BCUT2D eigenvalue weighted by Crippen LogP contribution is -2.21. The van der Waals surface area contributed by atoms with E-state index in [1.807, 2.05) is 0 Å². The molecule has 0 unspecified atom stereocenters. The predicted molar refractivity (Wildman–Crippen MR) is 114 cm³/mol. The number of halogens is 3. The molecule has 168 valence electrons. The highest BCUT2D eigenvalue weighted by molar-refractivity contribution is 6.04. The first kappa shape index (κ1) is 21.7. The van der Waals surface area contributed by atoms with Crippen molar-refractivity contribution in [2.75, 3.05) is 10.6 Å². The number of aromatic nitrogens is 2. The van der Waals surface area contributed by atoms with Crippen LogP contribution in [0, 0.1) is 0 Å². The van der Waals surface area contributed by atoms with E-state index in [1.54, 1.807) is 41.1 Å². The summed E-state index contributed by atoms with van der Waals surface area (Å²) >= 11 is 0. The van der Waals surface area contributed by atoms with Gasteiger partial charge in [0.1, 0.15) is 5.75 Å². The second-order valence-electron chi connectivity index (χ2n) is 6.76. The number of nitrogens with zero attached hydrogens (tertiary/aromatic N) is 2. The molecule has 3 N–H and O–H groups in total. The maximum Gasteiger partial charge on any atom is 0.573 e. The summed E-state index contributed by atoms with van der Waals surface area (Å²) in [6, 6.07) is 13.7. The summed E-state index contributed by atoms with van der Waals surface area (Å²) < 4.78 is 42.2. The Bertz CT molecular complexity index is 1330. The van der Waals surface area contributed by atoms with Crippen molar-refractivity contribution in [1.82, 2.24) is 9.55 Å². The van der Waals surface area contributed by atoms with Crippen molar-refractivity contribution in [3.8, 4) is 11.6 Å². The number of carboxylic acid groups (broad SMARTS) is 1. The fourth-order valence-corrected chi connectivity index (χ4v) is 3.25. The SMILES string of the molecule is O=C(Nc1ccc(OC(F)(F)F)cc1)Nc1cccnc1-n1ccc2c(C(=O)O)cccc21. The lowest BCUT2D eigenvalue weighted by Gasteiger charge is -2.13. The smallest absolute Gasteiger partial charge is 0.478 e. The number of aromatic carboxylic acids is 1. The van der Waals surface area contributed by atoms with Crippen molar-refractivity contribution in [1.29, 1.82) is 0 Å². The Morgan fingerprint density at radius 2 is 1.73 bits per heavy atom. The van der Waals surface area contributed by atoms with Crippen LogP contribution in [0.25, 0.3) is 16.7 Å². The van der Waals surface area contributed by atoms with Crippen molar-refractivity contribution in [2.24, 2.45) is 0 Å². The molecule has 0 aliphatic rings. The van der Waals surface area contributed by atoms with Crippen molar-refractivity contribution < 1.29 is 32.6 Å². The topological polar surface area (TPSA) is 105 Å². The Morgan fingerprint density at radius 1 is 0.970 bits per heavy atom. The van der Waals surface area contributed by atoms with Crippen LogP contribution in [0.2, 0.25) is 0 Å². The zero-order valence-electron chi connectivity index (χ0n) is 16.6. The van der Waals surface area contributed by atoms with E-state index in [-0.39, 0.29) is 11.3 Å².